The summed E-state index contributed by atoms with van der Waals surface area (Å²) in [5, 5.41) is 20.3. The van der Waals surface area contributed by atoms with Gasteiger partial charge in [-0.15, -0.1) is 0 Å². The molecule has 0 aromatic heterocycles. The van der Waals surface area contributed by atoms with Gasteiger partial charge in [0, 0.05) is 19.6 Å². The summed E-state index contributed by atoms with van der Waals surface area (Å²) >= 11 is 0. The van der Waals surface area contributed by atoms with Gasteiger partial charge in [-0.25, -0.2) is 0 Å². The zero-order valence-electron chi connectivity index (χ0n) is 9.46. The predicted octanol–water partition coefficient (Wildman–Crippen LogP) is -1.12. The Morgan fingerprint density at radius 3 is 2.41 bits per heavy atom. The highest BCUT2D eigenvalue weighted by molar-refractivity contribution is 7.86. The maximum atomic E-state index is 12.1. The predicted molar refractivity (Wildman–Crippen MR) is 60.8 cm³/mol. The second-order valence-electron chi connectivity index (χ2n) is 3.59. The van der Waals surface area contributed by atoms with Crippen LogP contribution in [0.4, 0.5) is 0 Å². The van der Waals surface area contributed by atoms with Gasteiger partial charge in [-0.1, -0.05) is 0 Å². The van der Waals surface area contributed by atoms with E-state index in [1.807, 2.05) is 0 Å². The highest BCUT2D eigenvalue weighted by atomic mass is 32.2. The molecule has 0 radical (unpaired) electrons. The summed E-state index contributed by atoms with van der Waals surface area (Å²) in [6, 6.07) is 3.53. The van der Waals surface area contributed by atoms with Crippen LogP contribution in [0.15, 0.2) is 0 Å². The zero-order chi connectivity index (χ0) is 12.7. The molecule has 94 valence electrons. The molecule has 0 spiro atoms. The Kier molecular flexibility index (Phi) is 5.32. The minimum atomic E-state index is -3.69. The molecule has 0 bridgehead atoms. The molecule has 1 rings (SSSR count). The Morgan fingerprint density at radius 1 is 1.18 bits per heavy atom. The fourth-order valence-electron chi connectivity index (χ4n) is 1.59. The molecule has 0 aromatic carbocycles. The van der Waals surface area contributed by atoms with Crippen LogP contribution in [0.5, 0.6) is 0 Å². The quantitative estimate of drug-likeness (QED) is 0.643. The molecule has 0 atom stereocenters. The summed E-state index contributed by atoms with van der Waals surface area (Å²) < 4.78 is 26.5. The largest absolute Gasteiger partial charge is 0.315 e. The van der Waals surface area contributed by atoms with Crippen molar-refractivity contribution in [2.24, 2.45) is 0 Å². The van der Waals surface area contributed by atoms with Gasteiger partial charge in [-0.05, 0) is 13.0 Å². The average Bonchev–Trinajstić information content (AvgIpc) is 2.57. The van der Waals surface area contributed by atoms with Gasteiger partial charge >= 0.3 is 0 Å². The summed E-state index contributed by atoms with van der Waals surface area (Å²) in [4.78, 5) is 0. The standard InChI is InChI=1S/C9H15N5O2S/c10-2-7-14(8-3-11)17(15,16)13-6-1-4-12-5-9-13/h12H,1,4-9H2. The van der Waals surface area contributed by atoms with Gasteiger partial charge in [0.15, 0.2) is 0 Å². The molecule has 1 saturated heterocycles. The molecule has 7 nitrogen and oxygen atoms in total. The Hall–Kier alpha value is -1.19. The van der Waals surface area contributed by atoms with Crippen molar-refractivity contribution in [2.45, 2.75) is 6.42 Å². The highest BCUT2D eigenvalue weighted by Gasteiger charge is 2.29. The zero-order valence-corrected chi connectivity index (χ0v) is 10.3. The van der Waals surface area contributed by atoms with Crippen molar-refractivity contribution in [1.82, 2.24) is 13.9 Å². The van der Waals surface area contributed by atoms with E-state index in [1.165, 1.54) is 4.31 Å². The van der Waals surface area contributed by atoms with Crippen molar-refractivity contribution >= 4 is 10.2 Å². The Labute approximate surface area is 101 Å². The molecule has 0 amide bonds. The lowest BCUT2D eigenvalue weighted by atomic mass is 10.4. The first-order chi connectivity index (χ1) is 8.12. The molecule has 0 aromatic rings. The average molecular weight is 257 g/mol. The molecule has 1 heterocycles. The first kappa shape index (κ1) is 13.9. The van der Waals surface area contributed by atoms with E-state index in [2.05, 4.69) is 5.32 Å². The van der Waals surface area contributed by atoms with Crippen molar-refractivity contribution in [3.8, 4) is 12.1 Å². The number of nitriles is 2. The third-order valence-electron chi connectivity index (χ3n) is 2.45. The van der Waals surface area contributed by atoms with Crippen LogP contribution in [-0.2, 0) is 10.2 Å². The lowest BCUT2D eigenvalue weighted by molar-refractivity contribution is 0.373. The molecule has 8 heteroatoms. The Morgan fingerprint density at radius 2 is 1.82 bits per heavy atom. The van der Waals surface area contributed by atoms with E-state index in [0.29, 0.717) is 19.6 Å². The third-order valence-corrected chi connectivity index (χ3v) is 4.37. The number of hydrogen-bond acceptors (Lipinski definition) is 5. The summed E-state index contributed by atoms with van der Waals surface area (Å²) in [7, 11) is -3.69. The molecular weight excluding hydrogens is 242 g/mol. The van der Waals surface area contributed by atoms with Crippen LogP contribution in [0.25, 0.3) is 0 Å². The van der Waals surface area contributed by atoms with Crippen LogP contribution in [0.3, 0.4) is 0 Å². The van der Waals surface area contributed by atoms with Gasteiger partial charge in [0.1, 0.15) is 13.1 Å². The van der Waals surface area contributed by atoms with Crippen molar-refractivity contribution in [2.75, 3.05) is 39.3 Å². The summed E-state index contributed by atoms with van der Waals surface area (Å²) in [5.74, 6) is 0. The van der Waals surface area contributed by atoms with Crippen molar-refractivity contribution < 1.29 is 8.42 Å². The van der Waals surface area contributed by atoms with Gasteiger partial charge in [0.2, 0.25) is 0 Å². The van der Waals surface area contributed by atoms with E-state index in [0.717, 1.165) is 17.3 Å². The normalized spacial score (nSPS) is 18.3. The topological polar surface area (TPSA) is 100 Å². The lowest BCUT2D eigenvalue weighted by Gasteiger charge is -2.25. The molecule has 1 fully saturated rings. The van der Waals surface area contributed by atoms with Crippen LogP contribution < -0.4 is 5.32 Å². The molecular formula is C9H15N5O2S. The maximum Gasteiger partial charge on any atom is 0.283 e. The van der Waals surface area contributed by atoms with E-state index < -0.39 is 10.2 Å². The number of rotatable bonds is 4. The lowest BCUT2D eigenvalue weighted by Crippen LogP contribution is -2.45. The fraction of sp³-hybridized carbons (Fsp3) is 0.778. The van der Waals surface area contributed by atoms with E-state index in [9.17, 15) is 8.42 Å². The van der Waals surface area contributed by atoms with Crippen LogP contribution >= 0.6 is 0 Å². The van der Waals surface area contributed by atoms with Crippen molar-refractivity contribution in [1.29, 1.82) is 10.5 Å². The highest BCUT2D eigenvalue weighted by Crippen LogP contribution is 2.09. The summed E-state index contributed by atoms with van der Waals surface area (Å²) in [5.41, 5.74) is 0. The van der Waals surface area contributed by atoms with Gasteiger partial charge in [-0.2, -0.15) is 27.6 Å². The number of nitrogens with one attached hydrogen (secondary N) is 1. The van der Waals surface area contributed by atoms with E-state index in [4.69, 9.17) is 10.5 Å². The van der Waals surface area contributed by atoms with Crippen LogP contribution in [0.2, 0.25) is 0 Å². The number of hydrogen-bond donors (Lipinski definition) is 1. The van der Waals surface area contributed by atoms with E-state index in [1.54, 1.807) is 12.1 Å². The molecule has 17 heavy (non-hydrogen) atoms. The summed E-state index contributed by atoms with van der Waals surface area (Å²) in [6.45, 7) is 1.58. The first-order valence-corrected chi connectivity index (χ1v) is 6.72. The molecule has 0 aliphatic carbocycles. The second kappa shape index (κ2) is 6.52. The van der Waals surface area contributed by atoms with E-state index in [-0.39, 0.29) is 13.1 Å². The third kappa shape index (κ3) is 3.65. The molecule has 0 saturated carbocycles. The van der Waals surface area contributed by atoms with Gasteiger partial charge in [0.25, 0.3) is 10.2 Å². The molecule has 1 N–H and O–H groups in total. The SMILES string of the molecule is N#CCN(CC#N)S(=O)(=O)N1CCCNCC1. The smallest absolute Gasteiger partial charge is 0.283 e. The molecule has 1 aliphatic heterocycles. The second-order valence-corrected chi connectivity index (χ2v) is 5.52. The maximum absolute atomic E-state index is 12.1. The Bertz CT molecular complexity index is 398. The fourth-order valence-corrected chi connectivity index (χ4v) is 3.04. The summed E-state index contributed by atoms with van der Waals surface area (Å²) in [6.07, 6.45) is 0.728. The van der Waals surface area contributed by atoms with Crippen LogP contribution in [-0.4, -0.2) is 56.3 Å². The minimum Gasteiger partial charge on any atom is -0.315 e. The molecule has 0 unspecified atom stereocenters. The number of nitrogens with zero attached hydrogens (tertiary/aromatic N) is 4. The van der Waals surface area contributed by atoms with E-state index >= 15 is 0 Å². The van der Waals surface area contributed by atoms with Gasteiger partial charge in [0.05, 0.1) is 12.1 Å². The Balaban J connectivity index is 2.83. The minimum absolute atomic E-state index is 0.292. The van der Waals surface area contributed by atoms with Gasteiger partial charge < -0.3 is 5.32 Å². The first-order valence-electron chi connectivity index (χ1n) is 5.32. The van der Waals surface area contributed by atoms with Crippen LogP contribution in [0, 0.1) is 22.7 Å². The monoisotopic (exact) mass is 257 g/mol. The molecule has 1 aliphatic rings. The van der Waals surface area contributed by atoms with Crippen LogP contribution in [0.1, 0.15) is 6.42 Å². The van der Waals surface area contributed by atoms with Crippen molar-refractivity contribution in [3.63, 3.8) is 0 Å². The van der Waals surface area contributed by atoms with Crippen molar-refractivity contribution in [3.05, 3.63) is 0 Å². The van der Waals surface area contributed by atoms with Gasteiger partial charge in [-0.3, -0.25) is 0 Å².